The van der Waals surface area contributed by atoms with E-state index in [1.54, 1.807) is 0 Å². The number of carbonyl (C=O) groups excluding carboxylic acids is 2. The van der Waals surface area contributed by atoms with Crippen molar-refractivity contribution in [3.05, 3.63) is 85.1 Å². The van der Waals surface area contributed by atoms with Gasteiger partial charge in [-0.05, 0) is 116 Å². The molecule has 0 aliphatic heterocycles. The molecule has 0 aromatic carbocycles. The minimum absolute atomic E-state index is 0.0711. The molecule has 0 aromatic rings. The third kappa shape index (κ3) is 55.7. The highest BCUT2D eigenvalue weighted by molar-refractivity contribution is 5.70. The molecular formula is C63H110O5. The van der Waals surface area contributed by atoms with Crippen molar-refractivity contribution < 1.29 is 23.8 Å². The Morgan fingerprint density at radius 1 is 0.338 bits per heavy atom. The molecule has 0 bridgehead atoms. The van der Waals surface area contributed by atoms with Crippen LogP contribution < -0.4 is 0 Å². The largest absolute Gasteiger partial charge is 0.462 e. The third-order valence-electron chi connectivity index (χ3n) is 12.4. The monoisotopic (exact) mass is 947 g/mol. The van der Waals surface area contributed by atoms with Crippen molar-refractivity contribution in [2.45, 2.75) is 284 Å². The van der Waals surface area contributed by atoms with Crippen molar-refractivity contribution in [2.75, 3.05) is 19.8 Å². The molecule has 0 heterocycles. The number of rotatable bonds is 53. The third-order valence-corrected chi connectivity index (χ3v) is 12.4. The lowest BCUT2D eigenvalue weighted by Gasteiger charge is -2.18. The number of esters is 2. The summed E-state index contributed by atoms with van der Waals surface area (Å²) in [6, 6.07) is 0. The summed E-state index contributed by atoms with van der Waals surface area (Å²) in [4.78, 5) is 25.5. The standard InChI is InChI=1S/C63H110O5/c1-4-7-10-13-16-19-22-25-28-30-32-33-36-38-41-44-47-50-53-56-62(64)67-60-61(68-63(65)57-54-51-48-45-42-39-35-27-24-21-18-15-12-9-6-3)59-66-58-55-52-49-46-43-40-37-34-31-29-26-23-20-17-14-11-8-5-2/h9,12,16-21,25-29,35,61H,4-8,10-11,13-15,22-24,30-34,36-60H2,1-3H3/b12-9-,19-16-,20-17-,21-18-,28-25-,29-26-,35-27-. The average molecular weight is 948 g/mol. The molecule has 5 nitrogen and oxygen atoms in total. The molecule has 0 rings (SSSR count). The molecule has 0 saturated heterocycles. The Kier molecular flexibility index (Phi) is 55.9. The van der Waals surface area contributed by atoms with Gasteiger partial charge in [0.05, 0.1) is 6.61 Å². The molecule has 0 N–H and O–H groups in total. The quantitative estimate of drug-likeness (QED) is 0.0345. The summed E-state index contributed by atoms with van der Waals surface area (Å²) in [5.41, 5.74) is 0. The highest BCUT2D eigenvalue weighted by Gasteiger charge is 2.17. The number of allylic oxidation sites excluding steroid dienone is 14. The number of carbonyl (C=O) groups is 2. The van der Waals surface area contributed by atoms with Gasteiger partial charge in [-0.25, -0.2) is 0 Å². The summed E-state index contributed by atoms with van der Waals surface area (Å²) in [7, 11) is 0. The number of hydrogen-bond acceptors (Lipinski definition) is 5. The Bertz CT molecular complexity index is 1250. The van der Waals surface area contributed by atoms with E-state index in [1.165, 1.54) is 154 Å². The summed E-state index contributed by atoms with van der Waals surface area (Å²) < 4.78 is 17.5. The minimum atomic E-state index is -0.555. The lowest BCUT2D eigenvalue weighted by Crippen LogP contribution is -2.30. The maximum absolute atomic E-state index is 12.9. The minimum Gasteiger partial charge on any atom is -0.462 e. The van der Waals surface area contributed by atoms with E-state index in [1.807, 2.05) is 0 Å². The predicted molar refractivity (Wildman–Crippen MR) is 297 cm³/mol. The summed E-state index contributed by atoms with van der Waals surface area (Å²) in [5.74, 6) is -0.419. The summed E-state index contributed by atoms with van der Waals surface area (Å²) in [5, 5.41) is 0. The first-order valence-electron chi connectivity index (χ1n) is 29.1. The van der Waals surface area contributed by atoms with Crippen molar-refractivity contribution in [3.8, 4) is 0 Å². The molecule has 0 aliphatic carbocycles. The molecule has 0 aromatic heterocycles. The fraction of sp³-hybridized carbons (Fsp3) is 0.746. The fourth-order valence-electron chi connectivity index (χ4n) is 8.06. The van der Waals surface area contributed by atoms with Gasteiger partial charge in [-0.3, -0.25) is 9.59 Å². The zero-order valence-electron chi connectivity index (χ0n) is 45.1. The van der Waals surface area contributed by atoms with Crippen LogP contribution in [0.4, 0.5) is 0 Å². The Labute approximate surface area is 422 Å². The number of ether oxygens (including phenoxy) is 3. The summed E-state index contributed by atoms with van der Waals surface area (Å²) in [6.45, 7) is 7.66. The van der Waals surface area contributed by atoms with Gasteiger partial charge in [0.1, 0.15) is 6.61 Å². The van der Waals surface area contributed by atoms with Crippen LogP contribution in [0.3, 0.4) is 0 Å². The van der Waals surface area contributed by atoms with Crippen LogP contribution in [0.5, 0.6) is 0 Å². The van der Waals surface area contributed by atoms with Gasteiger partial charge < -0.3 is 14.2 Å². The first kappa shape index (κ1) is 65.1. The summed E-state index contributed by atoms with van der Waals surface area (Å²) >= 11 is 0. The molecule has 0 fully saturated rings. The van der Waals surface area contributed by atoms with E-state index in [-0.39, 0.29) is 25.2 Å². The van der Waals surface area contributed by atoms with Gasteiger partial charge >= 0.3 is 11.9 Å². The SMILES string of the molecule is CC/C=C\C/C=C\C/C=C\CCCCCCCC(=O)OC(COCCCCCCCCCC/C=C\C/C=C\CCCCC)COC(=O)CCCCCCCCCCC/C=C\C/C=C\CCCCC. The number of hydrogen-bond donors (Lipinski definition) is 0. The van der Waals surface area contributed by atoms with E-state index in [2.05, 4.69) is 106 Å². The highest BCUT2D eigenvalue weighted by Crippen LogP contribution is 2.15. The summed E-state index contributed by atoms with van der Waals surface area (Å²) in [6.07, 6.45) is 77.4. The zero-order valence-corrected chi connectivity index (χ0v) is 45.1. The smallest absolute Gasteiger partial charge is 0.306 e. The molecule has 392 valence electrons. The van der Waals surface area contributed by atoms with Crippen molar-refractivity contribution >= 4 is 11.9 Å². The van der Waals surface area contributed by atoms with Gasteiger partial charge in [-0.1, -0.05) is 234 Å². The van der Waals surface area contributed by atoms with E-state index in [9.17, 15) is 9.59 Å². The molecule has 0 amide bonds. The fourth-order valence-corrected chi connectivity index (χ4v) is 8.06. The lowest BCUT2D eigenvalue weighted by molar-refractivity contribution is -0.163. The molecule has 0 spiro atoms. The average Bonchev–Trinajstić information content (AvgIpc) is 3.34. The van der Waals surface area contributed by atoms with Gasteiger partial charge in [-0.2, -0.15) is 0 Å². The van der Waals surface area contributed by atoms with E-state index in [0.717, 1.165) is 89.9 Å². The second kappa shape index (κ2) is 58.4. The van der Waals surface area contributed by atoms with Crippen LogP contribution in [0.25, 0.3) is 0 Å². The maximum atomic E-state index is 12.9. The van der Waals surface area contributed by atoms with Gasteiger partial charge in [0.2, 0.25) is 0 Å². The zero-order chi connectivity index (χ0) is 49.2. The Morgan fingerprint density at radius 2 is 0.662 bits per heavy atom. The first-order valence-corrected chi connectivity index (χ1v) is 29.1. The van der Waals surface area contributed by atoms with Crippen LogP contribution in [0.15, 0.2) is 85.1 Å². The van der Waals surface area contributed by atoms with E-state index in [0.29, 0.717) is 19.4 Å². The predicted octanol–water partition coefficient (Wildman–Crippen LogP) is 20.0. The second-order valence-corrected chi connectivity index (χ2v) is 19.2. The number of unbranched alkanes of at least 4 members (excludes halogenated alkanes) is 28. The highest BCUT2D eigenvalue weighted by atomic mass is 16.6. The molecule has 1 atom stereocenters. The van der Waals surface area contributed by atoms with Gasteiger partial charge in [0.25, 0.3) is 0 Å². The van der Waals surface area contributed by atoms with Crippen LogP contribution in [0.2, 0.25) is 0 Å². The van der Waals surface area contributed by atoms with Crippen molar-refractivity contribution in [3.63, 3.8) is 0 Å². The molecule has 0 radical (unpaired) electrons. The maximum Gasteiger partial charge on any atom is 0.306 e. The van der Waals surface area contributed by atoms with Crippen molar-refractivity contribution in [1.82, 2.24) is 0 Å². The van der Waals surface area contributed by atoms with E-state index in [4.69, 9.17) is 14.2 Å². The normalized spacial score (nSPS) is 12.8. The first-order chi connectivity index (χ1) is 33.6. The van der Waals surface area contributed by atoms with Gasteiger partial charge in [-0.15, -0.1) is 0 Å². The Hall–Kier alpha value is -2.92. The second-order valence-electron chi connectivity index (χ2n) is 19.2. The molecule has 68 heavy (non-hydrogen) atoms. The van der Waals surface area contributed by atoms with Crippen LogP contribution in [-0.2, 0) is 23.8 Å². The van der Waals surface area contributed by atoms with Crippen LogP contribution in [0.1, 0.15) is 278 Å². The van der Waals surface area contributed by atoms with E-state index < -0.39 is 6.10 Å². The van der Waals surface area contributed by atoms with Crippen LogP contribution in [-0.4, -0.2) is 37.9 Å². The van der Waals surface area contributed by atoms with E-state index >= 15 is 0 Å². The Balaban J connectivity index is 4.30. The van der Waals surface area contributed by atoms with Crippen LogP contribution >= 0.6 is 0 Å². The van der Waals surface area contributed by atoms with Crippen molar-refractivity contribution in [2.24, 2.45) is 0 Å². The molecule has 0 aliphatic rings. The van der Waals surface area contributed by atoms with Gasteiger partial charge in [0, 0.05) is 19.4 Å². The Morgan fingerprint density at radius 3 is 1.06 bits per heavy atom. The molecule has 5 heteroatoms. The lowest BCUT2D eigenvalue weighted by atomic mass is 10.1. The molecular weight excluding hydrogens is 837 g/mol. The molecule has 1 unspecified atom stereocenters. The molecule has 0 saturated carbocycles. The van der Waals surface area contributed by atoms with Crippen molar-refractivity contribution in [1.29, 1.82) is 0 Å². The van der Waals surface area contributed by atoms with Gasteiger partial charge in [0.15, 0.2) is 6.10 Å². The van der Waals surface area contributed by atoms with Crippen LogP contribution in [0, 0.1) is 0 Å². The topological polar surface area (TPSA) is 61.8 Å².